The van der Waals surface area contributed by atoms with Crippen LogP contribution in [0.2, 0.25) is 0 Å². The SMILES string of the molecule is Cc1c(=O)n(C)c(Nc2ccc(I)cc2F)c2c(=O)[nH]c(=O)n(-c3cccc(C(=O)N4CCC(O)CC4)c3)c12. The van der Waals surface area contributed by atoms with Gasteiger partial charge in [0, 0.05) is 34.8 Å². The number of benzene rings is 2. The number of aromatic nitrogens is 3. The smallest absolute Gasteiger partial charge is 0.333 e. The minimum atomic E-state index is -0.791. The van der Waals surface area contributed by atoms with E-state index < -0.39 is 28.7 Å². The Hall–Kier alpha value is -3.78. The zero-order chi connectivity index (χ0) is 28.0. The van der Waals surface area contributed by atoms with Crippen molar-refractivity contribution in [3.63, 3.8) is 0 Å². The van der Waals surface area contributed by atoms with Crippen LogP contribution in [-0.4, -0.2) is 49.2 Å². The summed E-state index contributed by atoms with van der Waals surface area (Å²) in [5.41, 5.74) is -1.22. The van der Waals surface area contributed by atoms with E-state index in [0.29, 0.717) is 35.1 Å². The molecule has 0 radical (unpaired) electrons. The zero-order valence-electron chi connectivity index (χ0n) is 21.1. The van der Waals surface area contributed by atoms with Gasteiger partial charge in [-0.1, -0.05) is 6.07 Å². The Labute approximate surface area is 234 Å². The number of carbonyl (C=O) groups is 1. The first-order valence-corrected chi connectivity index (χ1v) is 13.3. The van der Waals surface area contributed by atoms with Gasteiger partial charge in [-0.25, -0.2) is 9.18 Å². The number of fused-ring (bicyclic) bond motifs is 1. The Morgan fingerprint density at radius 1 is 1.13 bits per heavy atom. The second kappa shape index (κ2) is 10.4. The van der Waals surface area contributed by atoms with E-state index in [1.165, 1.54) is 41.3 Å². The Balaban J connectivity index is 1.71. The van der Waals surface area contributed by atoms with Gasteiger partial charge in [0.15, 0.2) is 0 Å². The first kappa shape index (κ1) is 26.8. The van der Waals surface area contributed by atoms with Gasteiger partial charge in [-0.2, -0.15) is 0 Å². The molecule has 202 valence electrons. The number of nitrogens with one attached hydrogen (secondary N) is 2. The van der Waals surface area contributed by atoms with Crippen molar-refractivity contribution < 1.29 is 14.3 Å². The number of nitrogens with zero attached hydrogens (tertiary/aromatic N) is 3. The molecule has 3 N–H and O–H groups in total. The molecule has 12 heteroatoms. The maximum atomic E-state index is 14.7. The molecule has 5 rings (SSSR count). The number of halogens is 2. The molecule has 0 bridgehead atoms. The average molecular weight is 645 g/mol. The fraction of sp³-hybridized carbons (Fsp3) is 0.259. The summed E-state index contributed by atoms with van der Waals surface area (Å²) >= 11 is 1.97. The number of amides is 1. The predicted molar refractivity (Wildman–Crippen MR) is 154 cm³/mol. The van der Waals surface area contributed by atoms with Crippen LogP contribution in [0.25, 0.3) is 16.6 Å². The number of piperidine rings is 1. The van der Waals surface area contributed by atoms with Crippen molar-refractivity contribution in [3.8, 4) is 5.69 Å². The third kappa shape index (κ3) is 4.89. The lowest BCUT2D eigenvalue weighted by molar-refractivity contribution is 0.0546. The lowest BCUT2D eigenvalue weighted by Gasteiger charge is -2.29. The number of H-pyrrole nitrogens is 1. The monoisotopic (exact) mass is 645 g/mol. The van der Waals surface area contributed by atoms with Crippen molar-refractivity contribution in [1.82, 2.24) is 19.0 Å². The van der Waals surface area contributed by atoms with Crippen LogP contribution in [0.1, 0.15) is 28.8 Å². The maximum Gasteiger partial charge on any atom is 0.333 e. The van der Waals surface area contributed by atoms with Crippen molar-refractivity contribution in [1.29, 1.82) is 0 Å². The molecular weight excluding hydrogens is 620 g/mol. The summed E-state index contributed by atoms with van der Waals surface area (Å²) in [5, 5.41) is 12.6. The molecule has 1 amide bonds. The number of aliphatic hydroxyl groups excluding tert-OH is 1. The molecular formula is C27H25FIN5O5. The summed E-state index contributed by atoms with van der Waals surface area (Å²) in [5.74, 6) is -0.825. The minimum Gasteiger partial charge on any atom is -0.393 e. The Morgan fingerprint density at radius 2 is 1.85 bits per heavy atom. The lowest BCUT2D eigenvalue weighted by atomic mass is 10.1. The van der Waals surface area contributed by atoms with Crippen LogP contribution in [-0.2, 0) is 7.05 Å². The van der Waals surface area contributed by atoms with Crippen LogP contribution in [0.5, 0.6) is 0 Å². The molecule has 10 nitrogen and oxygen atoms in total. The van der Waals surface area contributed by atoms with Gasteiger partial charge in [0.2, 0.25) is 0 Å². The summed E-state index contributed by atoms with van der Waals surface area (Å²) < 4.78 is 17.8. The van der Waals surface area contributed by atoms with Crippen LogP contribution >= 0.6 is 22.6 Å². The molecule has 1 aliphatic heterocycles. The standard InChI is InChI=1S/C27H25FIN5O5/c1-14-22-21(23(32(2)25(14)37)30-20-7-6-16(29)13-19(20)28)24(36)31-27(39)34(22)17-5-3-4-15(12-17)26(38)33-10-8-18(35)9-11-33/h3-7,12-13,18,30,35H,8-11H2,1-2H3,(H,31,36,39). The summed E-state index contributed by atoms with van der Waals surface area (Å²) in [6, 6.07) is 10.8. The molecule has 0 spiro atoms. The van der Waals surface area contributed by atoms with Crippen LogP contribution in [0, 0.1) is 16.3 Å². The predicted octanol–water partition coefficient (Wildman–Crippen LogP) is 2.77. The van der Waals surface area contributed by atoms with Gasteiger partial charge in [0.25, 0.3) is 17.0 Å². The fourth-order valence-electron chi connectivity index (χ4n) is 4.87. The van der Waals surface area contributed by atoms with Gasteiger partial charge >= 0.3 is 5.69 Å². The molecule has 3 heterocycles. The van der Waals surface area contributed by atoms with Gasteiger partial charge in [0.1, 0.15) is 17.0 Å². The van der Waals surface area contributed by atoms with Crippen molar-refractivity contribution in [2.45, 2.75) is 25.9 Å². The van der Waals surface area contributed by atoms with Gasteiger partial charge in [-0.3, -0.25) is 28.5 Å². The van der Waals surface area contributed by atoms with E-state index in [2.05, 4.69) is 10.3 Å². The van der Waals surface area contributed by atoms with E-state index in [1.54, 1.807) is 29.2 Å². The van der Waals surface area contributed by atoms with Crippen molar-refractivity contribution in [2.75, 3.05) is 18.4 Å². The van der Waals surface area contributed by atoms with Crippen LogP contribution in [0.3, 0.4) is 0 Å². The van der Waals surface area contributed by atoms with Crippen LogP contribution in [0.4, 0.5) is 15.9 Å². The molecule has 2 aromatic carbocycles. The normalized spacial score (nSPS) is 14.1. The van der Waals surface area contributed by atoms with Gasteiger partial charge in [-0.05, 0) is 78.8 Å². The van der Waals surface area contributed by atoms with E-state index in [0.717, 1.165) is 0 Å². The molecule has 1 aliphatic rings. The molecule has 39 heavy (non-hydrogen) atoms. The van der Waals surface area contributed by atoms with E-state index in [1.807, 2.05) is 22.6 Å². The topological polar surface area (TPSA) is 129 Å². The molecule has 1 fully saturated rings. The van der Waals surface area contributed by atoms with Crippen LogP contribution < -0.4 is 22.1 Å². The molecule has 0 aliphatic carbocycles. The van der Waals surface area contributed by atoms with Gasteiger partial charge in [-0.15, -0.1) is 0 Å². The quantitative estimate of drug-likeness (QED) is 0.293. The van der Waals surface area contributed by atoms with Gasteiger partial charge in [0.05, 0.1) is 23.0 Å². The zero-order valence-corrected chi connectivity index (χ0v) is 23.3. The second-order valence-electron chi connectivity index (χ2n) is 9.48. The van der Waals surface area contributed by atoms with Gasteiger partial charge < -0.3 is 15.3 Å². The molecule has 1 saturated heterocycles. The number of rotatable bonds is 4. The highest BCUT2D eigenvalue weighted by Crippen LogP contribution is 2.27. The third-order valence-corrected chi connectivity index (χ3v) is 7.62. The lowest BCUT2D eigenvalue weighted by Crippen LogP contribution is -2.40. The largest absolute Gasteiger partial charge is 0.393 e. The summed E-state index contributed by atoms with van der Waals surface area (Å²) in [6.45, 7) is 2.32. The number of anilines is 2. The number of hydrogen-bond donors (Lipinski definition) is 3. The number of aromatic amines is 1. The number of likely N-dealkylation sites (tertiary alicyclic amines) is 1. The third-order valence-electron chi connectivity index (χ3n) is 6.95. The number of aliphatic hydroxyl groups is 1. The van der Waals surface area contributed by atoms with Crippen molar-refractivity contribution >= 4 is 50.9 Å². The number of aryl methyl sites for hydroxylation is 1. The number of carbonyl (C=O) groups excluding carboxylic acids is 1. The molecule has 0 atom stereocenters. The highest BCUT2D eigenvalue weighted by atomic mass is 127. The fourth-order valence-corrected chi connectivity index (χ4v) is 5.33. The summed E-state index contributed by atoms with van der Waals surface area (Å²) in [6.07, 6.45) is 0.525. The summed E-state index contributed by atoms with van der Waals surface area (Å²) in [4.78, 5) is 56.7. The molecule has 2 aromatic heterocycles. The van der Waals surface area contributed by atoms with E-state index in [9.17, 15) is 28.7 Å². The molecule has 0 unspecified atom stereocenters. The Bertz CT molecular complexity index is 1800. The first-order chi connectivity index (χ1) is 18.6. The molecule has 0 saturated carbocycles. The number of hydrogen-bond acceptors (Lipinski definition) is 6. The van der Waals surface area contributed by atoms with E-state index in [-0.39, 0.29) is 39.6 Å². The van der Waals surface area contributed by atoms with Crippen molar-refractivity contribution in [2.24, 2.45) is 7.05 Å². The van der Waals surface area contributed by atoms with E-state index >= 15 is 0 Å². The Kier molecular flexibility index (Phi) is 7.16. The minimum absolute atomic E-state index is 0.00909. The van der Waals surface area contributed by atoms with E-state index in [4.69, 9.17) is 0 Å². The highest BCUT2D eigenvalue weighted by molar-refractivity contribution is 14.1. The van der Waals surface area contributed by atoms with Crippen molar-refractivity contribution in [3.05, 3.63) is 94.2 Å². The first-order valence-electron chi connectivity index (χ1n) is 12.2. The van der Waals surface area contributed by atoms with Crippen LogP contribution in [0.15, 0.2) is 56.8 Å². The summed E-state index contributed by atoms with van der Waals surface area (Å²) in [7, 11) is 1.45. The molecule has 4 aromatic rings. The Morgan fingerprint density at radius 3 is 2.54 bits per heavy atom. The number of pyridine rings is 1. The maximum absolute atomic E-state index is 14.7. The highest BCUT2D eigenvalue weighted by Gasteiger charge is 2.24. The second-order valence-corrected chi connectivity index (χ2v) is 10.7. The average Bonchev–Trinajstić information content (AvgIpc) is 2.91.